The zero-order chi connectivity index (χ0) is 19.3. The summed E-state index contributed by atoms with van der Waals surface area (Å²) in [7, 11) is 4.44. The van der Waals surface area contributed by atoms with Crippen molar-refractivity contribution in [3.63, 3.8) is 0 Å². The maximum Gasteiger partial charge on any atom is 0.257 e. The van der Waals surface area contributed by atoms with E-state index in [4.69, 9.17) is 19.9 Å². The quantitative estimate of drug-likeness (QED) is 0.657. The van der Waals surface area contributed by atoms with E-state index in [1.165, 1.54) is 44.4 Å². The number of methoxy groups -OCH3 is 3. The first-order valence-corrected chi connectivity index (χ1v) is 9.19. The van der Waals surface area contributed by atoms with Crippen molar-refractivity contribution in [1.82, 2.24) is 4.98 Å². The second-order valence-corrected chi connectivity index (χ2v) is 7.26. The molecular formula is C16H19N3O5S2. The standard InChI is InChI=1S/C16H19N3O5S2/c1-8-15(25-7-12(17)20)26-16(18-8)19-14(21)9-5-10(22-2)13(24-4)11(6-9)23-3/h5-6H,7H2,1-4H3,(H2,17,20)(H,18,19,21). The van der Waals surface area contributed by atoms with Gasteiger partial charge in [-0.05, 0) is 19.1 Å². The maximum absolute atomic E-state index is 12.6. The largest absolute Gasteiger partial charge is 0.493 e. The second-order valence-electron chi connectivity index (χ2n) is 5.02. The molecule has 3 N–H and O–H groups in total. The molecule has 1 aromatic heterocycles. The van der Waals surface area contributed by atoms with E-state index >= 15 is 0 Å². The predicted molar refractivity (Wildman–Crippen MR) is 101 cm³/mol. The van der Waals surface area contributed by atoms with E-state index in [1.54, 1.807) is 19.1 Å². The van der Waals surface area contributed by atoms with Crippen molar-refractivity contribution < 1.29 is 23.8 Å². The Morgan fingerprint density at radius 3 is 2.31 bits per heavy atom. The van der Waals surface area contributed by atoms with Gasteiger partial charge in [0, 0.05) is 5.56 Å². The first kappa shape index (κ1) is 19.9. The van der Waals surface area contributed by atoms with E-state index in [0.717, 1.165) is 9.90 Å². The van der Waals surface area contributed by atoms with E-state index in [9.17, 15) is 9.59 Å². The van der Waals surface area contributed by atoms with Gasteiger partial charge in [0.25, 0.3) is 5.91 Å². The molecule has 0 aliphatic carbocycles. The molecule has 8 nitrogen and oxygen atoms in total. The predicted octanol–water partition coefficient (Wildman–Crippen LogP) is 2.31. The number of primary amides is 1. The number of hydrogen-bond donors (Lipinski definition) is 2. The van der Waals surface area contributed by atoms with Gasteiger partial charge < -0.3 is 19.9 Å². The molecule has 0 spiro atoms. The van der Waals surface area contributed by atoms with Crippen LogP contribution in [0.3, 0.4) is 0 Å². The Morgan fingerprint density at radius 2 is 1.81 bits per heavy atom. The lowest BCUT2D eigenvalue weighted by atomic mass is 10.1. The summed E-state index contributed by atoms with van der Waals surface area (Å²) in [5.74, 6) is 0.538. The van der Waals surface area contributed by atoms with E-state index in [1.807, 2.05) is 0 Å². The van der Waals surface area contributed by atoms with Crippen LogP contribution < -0.4 is 25.3 Å². The number of hydrogen-bond acceptors (Lipinski definition) is 8. The van der Waals surface area contributed by atoms with E-state index in [-0.39, 0.29) is 11.7 Å². The molecule has 1 heterocycles. The number of thiazole rings is 1. The third-order valence-corrected chi connectivity index (χ3v) is 5.70. The summed E-state index contributed by atoms with van der Waals surface area (Å²) in [4.78, 5) is 27.8. The Balaban J connectivity index is 2.22. The Hall–Kier alpha value is -2.46. The Labute approximate surface area is 159 Å². The molecule has 0 bridgehead atoms. The number of aryl methyl sites for hydroxylation is 1. The highest BCUT2D eigenvalue weighted by molar-refractivity contribution is 8.01. The van der Waals surface area contributed by atoms with Crippen molar-refractivity contribution >= 4 is 40.0 Å². The van der Waals surface area contributed by atoms with Gasteiger partial charge in [-0.15, -0.1) is 11.8 Å². The fraction of sp³-hybridized carbons (Fsp3) is 0.312. The summed E-state index contributed by atoms with van der Waals surface area (Å²) in [6, 6.07) is 3.11. The molecule has 0 aliphatic rings. The average Bonchev–Trinajstić information content (AvgIpc) is 2.97. The van der Waals surface area contributed by atoms with Crippen molar-refractivity contribution in [3.05, 3.63) is 23.4 Å². The monoisotopic (exact) mass is 397 g/mol. The zero-order valence-electron chi connectivity index (χ0n) is 14.7. The summed E-state index contributed by atoms with van der Waals surface area (Å²) >= 11 is 2.57. The minimum Gasteiger partial charge on any atom is -0.493 e. The van der Waals surface area contributed by atoms with Crippen molar-refractivity contribution in [2.75, 3.05) is 32.4 Å². The third-order valence-electron chi connectivity index (χ3n) is 3.25. The summed E-state index contributed by atoms with van der Waals surface area (Å²) in [5, 5.41) is 3.16. The van der Waals surface area contributed by atoms with Crippen LogP contribution in [0.2, 0.25) is 0 Å². The number of nitrogens with two attached hydrogens (primary N) is 1. The number of amides is 2. The fourth-order valence-corrected chi connectivity index (χ4v) is 3.96. The number of benzene rings is 1. The van der Waals surface area contributed by atoms with Gasteiger partial charge >= 0.3 is 0 Å². The van der Waals surface area contributed by atoms with Crippen molar-refractivity contribution in [2.24, 2.45) is 5.73 Å². The molecule has 0 fully saturated rings. The number of ether oxygens (including phenoxy) is 3. The molecule has 0 saturated carbocycles. The van der Waals surface area contributed by atoms with Crippen LogP contribution in [0, 0.1) is 6.92 Å². The van der Waals surface area contributed by atoms with Crippen LogP contribution in [0.25, 0.3) is 0 Å². The van der Waals surface area contributed by atoms with Crippen molar-refractivity contribution in [3.8, 4) is 17.2 Å². The number of anilines is 1. The number of rotatable bonds is 8. The highest BCUT2D eigenvalue weighted by Crippen LogP contribution is 2.38. The maximum atomic E-state index is 12.6. The normalized spacial score (nSPS) is 10.3. The molecule has 2 amide bonds. The molecule has 1 aromatic carbocycles. The number of carbonyl (C=O) groups excluding carboxylic acids is 2. The number of aromatic nitrogens is 1. The Kier molecular flexibility index (Phi) is 6.70. The number of thioether (sulfide) groups is 1. The molecule has 0 saturated heterocycles. The van der Waals surface area contributed by atoms with Gasteiger partial charge in [0.15, 0.2) is 16.6 Å². The average molecular weight is 397 g/mol. The zero-order valence-corrected chi connectivity index (χ0v) is 16.4. The third kappa shape index (κ3) is 4.58. The topological polar surface area (TPSA) is 113 Å². The van der Waals surface area contributed by atoms with Crippen LogP contribution in [0.4, 0.5) is 5.13 Å². The summed E-state index contributed by atoms with van der Waals surface area (Å²) < 4.78 is 16.6. The smallest absolute Gasteiger partial charge is 0.257 e. The van der Waals surface area contributed by atoms with Gasteiger partial charge in [0.1, 0.15) is 0 Å². The Bertz CT molecular complexity index is 797. The molecule has 0 atom stereocenters. The van der Waals surface area contributed by atoms with Crippen LogP contribution in [-0.2, 0) is 4.79 Å². The van der Waals surface area contributed by atoms with Gasteiger partial charge in [-0.25, -0.2) is 4.98 Å². The number of nitrogens with one attached hydrogen (secondary N) is 1. The second kappa shape index (κ2) is 8.77. The molecule has 26 heavy (non-hydrogen) atoms. The van der Waals surface area contributed by atoms with Gasteiger partial charge in [0.2, 0.25) is 11.7 Å². The Morgan fingerprint density at radius 1 is 1.19 bits per heavy atom. The molecule has 0 unspecified atom stereocenters. The molecule has 2 rings (SSSR count). The first-order chi connectivity index (χ1) is 12.4. The highest BCUT2D eigenvalue weighted by Gasteiger charge is 2.18. The summed E-state index contributed by atoms with van der Waals surface area (Å²) in [6.07, 6.45) is 0. The van der Waals surface area contributed by atoms with Gasteiger partial charge in [-0.2, -0.15) is 0 Å². The lowest BCUT2D eigenvalue weighted by Gasteiger charge is -2.13. The van der Waals surface area contributed by atoms with Crippen LogP contribution >= 0.6 is 23.1 Å². The van der Waals surface area contributed by atoms with Crippen LogP contribution in [0.15, 0.2) is 16.3 Å². The number of carbonyl (C=O) groups is 2. The van der Waals surface area contributed by atoms with E-state index < -0.39 is 5.91 Å². The molecule has 0 aliphatic heterocycles. The van der Waals surface area contributed by atoms with Gasteiger partial charge in [0.05, 0.1) is 37.0 Å². The summed E-state index contributed by atoms with van der Waals surface area (Å²) in [5.41, 5.74) is 6.21. The molecule has 140 valence electrons. The van der Waals surface area contributed by atoms with Crippen molar-refractivity contribution in [2.45, 2.75) is 11.1 Å². The van der Waals surface area contributed by atoms with Crippen LogP contribution in [0.5, 0.6) is 17.2 Å². The number of nitrogens with zero attached hydrogens (tertiary/aromatic N) is 1. The minimum absolute atomic E-state index is 0.156. The van der Waals surface area contributed by atoms with E-state index in [2.05, 4.69) is 10.3 Å². The van der Waals surface area contributed by atoms with E-state index in [0.29, 0.717) is 27.9 Å². The lowest BCUT2D eigenvalue weighted by molar-refractivity contribution is -0.115. The molecule has 0 radical (unpaired) electrons. The minimum atomic E-state index is -0.411. The molecule has 10 heteroatoms. The molecular weight excluding hydrogens is 378 g/mol. The highest BCUT2D eigenvalue weighted by atomic mass is 32.2. The van der Waals surface area contributed by atoms with Gasteiger partial charge in [-0.1, -0.05) is 11.3 Å². The summed E-state index contributed by atoms with van der Waals surface area (Å²) in [6.45, 7) is 1.80. The SMILES string of the molecule is COc1cc(C(=O)Nc2nc(C)c(SCC(N)=O)s2)cc(OC)c1OC. The first-order valence-electron chi connectivity index (χ1n) is 7.39. The van der Waals surface area contributed by atoms with Crippen LogP contribution in [-0.4, -0.2) is 43.9 Å². The fourth-order valence-electron chi connectivity index (χ4n) is 2.09. The lowest BCUT2D eigenvalue weighted by Crippen LogP contribution is -2.12. The van der Waals surface area contributed by atoms with Crippen molar-refractivity contribution in [1.29, 1.82) is 0 Å². The van der Waals surface area contributed by atoms with Gasteiger partial charge in [-0.3, -0.25) is 14.9 Å². The molecule has 2 aromatic rings. The van der Waals surface area contributed by atoms with Crippen LogP contribution in [0.1, 0.15) is 16.1 Å².